The first-order chi connectivity index (χ1) is 20.0. The summed E-state index contributed by atoms with van der Waals surface area (Å²) in [5.74, 6) is -0.738. The van der Waals surface area contributed by atoms with Crippen molar-refractivity contribution in [3.05, 3.63) is 94.5 Å². The number of hydrogen-bond donors (Lipinski definition) is 1. The molecule has 1 fully saturated rings. The van der Waals surface area contributed by atoms with E-state index >= 15 is 0 Å². The van der Waals surface area contributed by atoms with Gasteiger partial charge in [-0.15, -0.1) is 0 Å². The number of carbonyl (C=O) groups excluding carboxylic acids is 2. The van der Waals surface area contributed by atoms with E-state index in [1.807, 2.05) is 26.8 Å². The number of alkyl halides is 3. The zero-order chi connectivity index (χ0) is 31.7. The van der Waals surface area contributed by atoms with Crippen LogP contribution >= 0.6 is 0 Å². The first kappa shape index (κ1) is 32.1. The maximum atomic E-state index is 13.6. The van der Waals surface area contributed by atoms with Crippen molar-refractivity contribution in [2.75, 3.05) is 24.9 Å². The van der Waals surface area contributed by atoms with Gasteiger partial charge in [0, 0.05) is 31.7 Å². The molecule has 0 atom stereocenters. The second-order valence-electron chi connectivity index (χ2n) is 11.9. The molecule has 0 spiro atoms. The van der Waals surface area contributed by atoms with Gasteiger partial charge in [0.2, 0.25) is 0 Å². The fourth-order valence-corrected chi connectivity index (χ4v) is 6.46. The van der Waals surface area contributed by atoms with Crippen LogP contribution < -0.4 is 4.72 Å². The number of para-hydroxylation sites is 1. The summed E-state index contributed by atoms with van der Waals surface area (Å²) in [6, 6.07) is 15.7. The van der Waals surface area contributed by atoms with E-state index in [0.29, 0.717) is 31.5 Å². The third-order valence-corrected chi connectivity index (χ3v) is 9.33. The van der Waals surface area contributed by atoms with Crippen LogP contribution in [0.25, 0.3) is 0 Å². The number of likely N-dealkylation sites (tertiary alicyclic amines) is 1. The Morgan fingerprint density at radius 1 is 0.907 bits per heavy atom. The molecule has 230 valence electrons. The molecule has 1 aliphatic heterocycles. The number of benzene rings is 3. The maximum Gasteiger partial charge on any atom is 0.416 e. The minimum Gasteiger partial charge on any atom is -0.339 e. The lowest BCUT2D eigenvalue weighted by molar-refractivity contribution is -0.137. The lowest BCUT2D eigenvalue weighted by Crippen LogP contribution is -2.47. The van der Waals surface area contributed by atoms with Crippen LogP contribution in [0.1, 0.15) is 71.0 Å². The fraction of sp³-hybridized carbons (Fsp3) is 0.375. The molecular weight excluding hydrogens is 579 g/mol. The number of aryl methyl sites for hydroxylation is 1. The third-order valence-electron chi connectivity index (χ3n) is 7.82. The topological polar surface area (TPSA) is 86.8 Å². The van der Waals surface area contributed by atoms with Gasteiger partial charge >= 0.3 is 6.18 Å². The van der Waals surface area contributed by atoms with Crippen molar-refractivity contribution in [1.82, 2.24) is 9.80 Å². The van der Waals surface area contributed by atoms with Crippen LogP contribution in [0.5, 0.6) is 0 Å². The molecule has 0 bridgehead atoms. The van der Waals surface area contributed by atoms with E-state index in [2.05, 4.69) is 4.72 Å². The molecule has 0 unspecified atom stereocenters. The van der Waals surface area contributed by atoms with Crippen LogP contribution in [0.15, 0.2) is 71.6 Å². The number of halogens is 3. The van der Waals surface area contributed by atoms with Crippen molar-refractivity contribution >= 4 is 27.5 Å². The Morgan fingerprint density at radius 2 is 1.49 bits per heavy atom. The summed E-state index contributed by atoms with van der Waals surface area (Å²) in [4.78, 5) is 29.8. The highest BCUT2D eigenvalue weighted by molar-refractivity contribution is 7.92. The van der Waals surface area contributed by atoms with E-state index in [1.165, 1.54) is 17.0 Å². The molecule has 1 aliphatic rings. The molecule has 1 N–H and O–H groups in total. The summed E-state index contributed by atoms with van der Waals surface area (Å²) in [5, 5.41) is 0. The highest BCUT2D eigenvalue weighted by atomic mass is 32.2. The van der Waals surface area contributed by atoms with Gasteiger partial charge in [0.25, 0.3) is 21.8 Å². The number of sulfonamides is 1. The van der Waals surface area contributed by atoms with E-state index in [-0.39, 0.29) is 39.1 Å². The van der Waals surface area contributed by atoms with E-state index < -0.39 is 27.7 Å². The van der Waals surface area contributed by atoms with Gasteiger partial charge in [-0.1, -0.05) is 45.0 Å². The Labute approximate surface area is 250 Å². The monoisotopic (exact) mass is 615 g/mol. The first-order valence-corrected chi connectivity index (χ1v) is 15.4. The normalized spacial score (nSPS) is 14.8. The van der Waals surface area contributed by atoms with Gasteiger partial charge in [-0.2, -0.15) is 13.2 Å². The number of piperidine rings is 1. The zero-order valence-corrected chi connectivity index (χ0v) is 25.6. The molecule has 0 aliphatic carbocycles. The van der Waals surface area contributed by atoms with E-state index in [4.69, 9.17) is 0 Å². The fourth-order valence-electron chi connectivity index (χ4n) is 5.11. The largest absolute Gasteiger partial charge is 0.416 e. The Hall–Kier alpha value is -3.86. The maximum absolute atomic E-state index is 13.6. The van der Waals surface area contributed by atoms with Crippen LogP contribution in [0.4, 0.5) is 18.9 Å². The number of rotatable bonds is 6. The Kier molecular flexibility index (Phi) is 8.97. The van der Waals surface area contributed by atoms with Gasteiger partial charge in [0.15, 0.2) is 0 Å². The van der Waals surface area contributed by atoms with Gasteiger partial charge in [0.05, 0.1) is 21.7 Å². The average molecular weight is 616 g/mol. The SMILES string of the molecule is Cc1ccc(C(C)(C)C)cc1S(=O)(=O)Nc1ccccc1C(=O)N1CCC(N(C)C(=O)c2ccc(C(F)(F)F)cc2)CC1. The highest BCUT2D eigenvalue weighted by Crippen LogP contribution is 2.31. The lowest BCUT2D eigenvalue weighted by Gasteiger charge is -2.37. The number of nitrogens with one attached hydrogen (secondary N) is 1. The summed E-state index contributed by atoms with van der Waals surface area (Å²) >= 11 is 0. The summed E-state index contributed by atoms with van der Waals surface area (Å²) < 4.78 is 68.3. The van der Waals surface area contributed by atoms with E-state index in [1.54, 1.807) is 55.3 Å². The van der Waals surface area contributed by atoms with Crippen molar-refractivity contribution in [2.24, 2.45) is 0 Å². The average Bonchev–Trinajstić information content (AvgIpc) is 2.95. The van der Waals surface area contributed by atoms with E-state index in [9.17, 15) is 31.2 Å². The number of anilines is 1. The van der Waals surface area contributed by atoms with Crippen molar-refractivity contribution in [2.45, 2.75) is 63.1 Å². The number of amides is 2. The molecule has 0 aromatic heterocycles. The predicted molar refractivity (Wildman–Crippen MR) is 160 cm³/mol. The van der Waals surface area contributed by atoms with Crippen molar-refractivity contribution in [3.63, 3.8) is 0 Å². The van der Waals surface area contributed by atoms with Crippen LogP contribution in [0.2, 0.25) is 0 Å². The molecule has 1 heterocycles. The molecule has 7 nitrogen and oxygen atoms in total. The smallest absolute Gasteiger partial charge is 0.339 e. The van der Waals surface area contributed by atoms with Crippen LogP contribution in [0, 0.1) is 6.92 Å². The van der Waals surface area contributed by atoms with Gasteiger partial charge in [-0.05, 0) is 78.8 Å². The van der Waals surface area contributed by atoms with Gasteiger partial charge in [0.1, 0.15) is 0 Å². The molecule has 0 saturated carbocycles. The molecule has 3 aromatic carbocycles. The molecule has 3 aromatic rings. The van der Waals surface area contributed by atoms with Crippen LogP contribution in [-0.4, -0.2) is 56.2 Å². The zero-order valence-electron chi connectivity index (χ0n) is 24.8. The molecule has 2 amide bonds. The summed E-state index contributed by atoms with van der Waals surface area (Å²) in [7, 11) is -2.41. The van der Waals surface area contributed by atoms with Gasteiger partial charge in [-0.25, -0.2) is 8.42 Å². The minimum absolute atomic E-state index is 0.142. The Bertz CT molecular complexity index is 1610. The minimum atomic E-state index is -4.48. The molecule has 1 saturated heterocycles. The van der Waals surface area contributed by atoms with Crippen LogP contribution in [-0.2, 0) is 21.6 Å². The van der Waals surface area contributed by atoms with Gasteiger partial charge < -0.3 is 9.80 Å². The van der Waals surface area contributed by atoms with E-state index in [0.717, 1.165) is 17.7 Å². The third kappa shape index (κ3) is 7.21. The molecule has 11 heteroatoms. The second-order valence-corrected chi connectivity index (χ2v) is 13.5. The quantitative estimate of drug-likeness (QED) is 0.344. The lowest BCUT2D eigenvalue weighted by atomic mass is 9.87. The standard InChI is InChI=1S/C32H36F3N3O4S/c1-21-10-13-24(31(2,3)4)20-28(21)43(41,42)36-27-9-7-6-8-26(27)30(40)38-18-16-25(17-19-38)37(5)29(39)22-11-14-23(15-12-22)32(33,34)35/h6-15,20,25,36H,16-19H2,1-5H3. The number of carbonyl (C=O) groups is 2. The predicted octanol–water partition coefficient (Wildman–Crippen LogP) is 6.49. The molecule has 4 rings (SSSR count). The molecular formula is C32H36F3N3O4S. The van der Waals surface area contributed by atoms with Gasteiger partial charge in [-0.3, -0.25) is 14.3 Å². The Morgan fingerprint density at radius 3 is 2.07 bits per heavy atom. The Balaban J connectivity index is 1.45. The number of hydrogen-bond acceptors (Lipinski definition) is 4. The summed E-state index contributed by atoms with van der Waals surface area (Å²) in [6.45, 7) is 8.37. The van der Waals surface area contributed by atoms with Crippen molar-refractivity contribution in [3.8, 4) is 0 Å². The highest BCUT2D eigenvalue weighted by Gasteiger charge is 2.32. The molecule has 43 heavy (non-hydrogen) atoms. The second kappa shape index (κ2) is 12.0. The molecule has 0 radical (unpaired) electrons. The summed E-state index contributed by atoms with van der Waals surface area (Å²) in [6.07, 6.45) is -3.57. The van der Waals surface area contributed by atoms with Crippen LogP contribution in [0.3, 0.4) is 0 Å². The van der Waals surface area contributed by atoms with Crippen molar-refractivity contribution in [1.29, 1.82) is 0 Å². The van der Waals surface area contributed by atoms with Crippen molar-refractivity contribution < 1.29 is 31.2 Å². The first-order valence-electron chi connectivity index (χ1n) is 14.0. The summed E-state index contributed by atoms with van der Waals surface area (Å²) in [5.41, 5.74) is 0.907. The number of nitrogens with zero attached hydrogens (tertiary/aromatic N) is 2.